The molecule has 0 saturated heterocycles. The maximum absolute atomic E-state index is 14.2. The molecule has 0 radical (unpaired) electrons. The number of alkyl carbamates (subject to hydrolysis) is 1. The smallest absolute Gasteiger partial charge is 0.407 e. The van der Waals surface area contributed by atoms with Crippen molar-refractivity contribution in [2.75, 3.05) is 20.3 Å². The predicted molar refractivity (Wildman–Crippen MR) is 121 cm³/mol. The van der Waals surface area contributed by atoms with Gasteiger partial charge in [-0.2, -0.15) is 0 Å². The van der Waals surface area contributed by atoms with Crippen LogP contribution >= 0.6 is 0 Å². The van der Waals surface area contributed by atoms with E-state index in [1.165, 1.54) is 14.0 Å². The number of alkyl halides is 2. The van der Waals surface area contributed by atoms with Gasteiger partial charge in [0.15, 0.2) is 6.04 Å². The Morgan fingerprint density at radius 3 is 2.17 bits per heavy atom. The van der Waals surface area contributed by atoms with Crippen molar-refractivity contribution in [3.63, 3.8) is 0 Å². The lowest BCUT2D eigenvalue weighted by molar-refractivity contribution is -0.146. The fourth-order valence-electron chi connectivity index (χ4n) is 4.60. The van der Waals surface area contributed by atoms with E-state index in [4.69, 9.17) is 9.47 Å². The number of benzene rings is 2. The molecule has 0 heterocycles. The molecular weight excluding hydrogens is 462 g/mol. The number of amides is 2. The van der Waals surface area contributed by atoms with Gasteiger partial charge in [0.1, 0.15) is 12.5 Å². The highest BCUT2D eigenvalue weighted by Gasteiger charge is 2.71. The van der Waals surface area contributed by atoms with E-state index < -0.39 is 54.4 Å². The minimum atomic E-state index is -3.37. The first-order valence-corrected chi connectivity index (χ1v) is 11.2. The summed E-state index contributed by atoms with van der Waals surface area (Å²) in [5, 5.41) is 13.6. The molecule has 8 nitrogen and oxygen atoms in total. The topological polar surface area (TPSA) is 114 Å². The number of ether oxygens (including phenoxy) is 2. The Kier molecular flexibility index (Phi) is 6.75. The van der Waals surface area contributed by atoms with Gasteiger partial charge in [0.2, 0.25) is 5.91 Å². The van der Waals surface area contributed by atoms with Crippen molar-refractivity contribution in [3.8, 4) is 11.1 Å². The number of rotatable bonds is 9. The zero-order valence-electron chi connectivity index (χ0n) is 19.2. The number of nitrogens with one attached hydrogen (secondary N) is 2. The second-order valence-corrected chi connectivity index (χ2v) is 8.73. The van der Waals surface area contributed by atoms with Gasteiger partial charge in [-0.25, -0.2) is 18.4 Å². The molecule has 2 aromatic carbocycles. The van der Waals surface area contributed by atoms with Crippen LogP contribution in [-0.4, -0.2) is 61.4 Å². The monoisotopic (exact) mass is 488 g/mol. The van der Waals surface area contributed by atoms with Crippen LogP contribution < -0.4 is 10.6 Å². The summed E-state index contributed by atoms with van der Waals surface area (Å²) in [6.45, 7) is 0.944. The molecule has 0 spiro atoms. The lowest BCUT2D eigenvalue weighted by Gasteiger charge is -2.20. The van der Waals surface area contributed by atoms with Crippen molar-refractivity contribution < 1.29 is 37.7 Å². The average Bonchev–Trinajstić information content (AvgIpc) is 3.25. The molecule has 0 bridgehead atoms. The van der Waals surface area contributed by atoms with E-state index >= 15 is 0 Å². The van der Waals surface area contributed by atoms with E-state index in [0.29, 0.717) is 0 Å². The first-order valence-electron chi connectivity index (χ1n) is 11.2. The van der Waals surface area contributed by atoms with Gasteiger partial charge in [-0.1, -0.05) is 48.5 Å². The molecule has 2 aromatic rings. The Morgan fingerprint density at radius 1 is 1.06 bits per heavy atom. The third-order valence-corrected chi connectivity index (χ3v) is 6.70. The van der Waals surface area contributed by atoms with Crippen molar-refractivity contribution in [3.05, 3.63) is 59.7 Å². The predicted octanol–water partition coefficient (Wildman–Crippen LogP) is 3.01. The molecule has 2 aliphatic rings. The summed E-state index contributed by atoms with van der Waals surface area (Å²) in [5.41, 5.74) is 4.16. The van der Waals surface area contributed by atoms with E-state index in [0.717, 1.165) is 22.3 Å². The van der Waals surface area contributed by atoms with Crippen molar-refractivity contribution in [2.45, 2.75) is 30.9 Å². The normalized spacial score (nSPS) is 21.3. The van der Waals surface area contributed by atoms with Crippen LogP contribution in [0.25, 0.3) is 11.1 Å². The second kappa shape index (κ2) is 9.61. The van der Waals surface area contributed by atoms with Gasteiger partial charge in [0.25, 0.3) is 5.92 Å². The molecule has 35 heavy (non-hydrogen) atoms. The Morgan fingerprint density at radius 2 is 1.63 bits per heavy atom. The molecule has 186 valence electrons. The summed E-state index contributed by atoms with van der Waals surface area (Å²) in [4.78, 5) is 35.9. The number of aliphatic carboxylic acids is 1. The Hall–Kier alpha value is -3.53. The first kappa shape index (κ1) is 24.6. The van der Waals surface area contributed by atoms with Crippen LogP contribution in [-0.2, 0) is 19.1 Å². The van der Waals surface area contributed by atoms with Crippen molar-refractivity contribution >= 4 is 18.0 Å². The minimum absolute atomic E-state index is 0.0278. The minimum Gasteiger partial charge on any atom is -0.480 e. The van der Waals surface area contributed by atoms with E-state index in [9.17, 15) is 28.3 Å². The largest absolute Gasteiger partial charge is 0.480 e. The Bertz CT molecular complexity index is 1090. The number of carboxylic acids is 1. The third kappa shape index (κ3) is 4.70. The van der Waals surface area contributed by atoms with Crippen LogP contribution in [0.2, 0.25) is 0 Å². The van der Waals surface area contributed by atoms with Gasteiger partial charge in [0, 0.05) is 19.6 Å². The van der Waals surface area contributed by atoms with Crippen LogP contribution in [0.5, 0.6) is 0 Å². The molecule has 4 rings (SSSR count). The maximum Gasteiger partial charge on any atom is 0.407 e. The second-order valence-electron chi connectivity index (χ2n) is 8.73. The highest BCUT2D eigenvalue weighted by molar-refractivity contribution is 5.88. The molecule has 0 aliphatic heterocycles. The van der Waals surface area contributed by atoms with E-state index in [2.05, 4.69) is 10.6 Å². The molecule has 0 aromatic heterocycles. The summed E-state index contributed by atoms with van der Waals surface area (Å²) in [7, 11) is 1.25. The zero-order chi connectivity index (χ0) is 25.3. The summed E-state index contributed by atoms with van der Waals surface area (Å²) in [5.74, 6) is -9.27. The summed E-state index contributed by atoms with van der Waals surface area (Å²) in [6.07, 6.45) is -1.79. The van der Waals surface area contributed by atoms with E-state index in [1.54, 1.807) is 0 Å². The average molecular weight is 488 g/mol. The number of hydrogen-bond acceptors (Lipinski definition) is 5. The van der Waals surface area contributed by atoms with Gasteiger partial charge in [0.05, 0.1) is 12.0 Å². The summed E-state index contributed by atoms with van der Waals surface area (Å²) in [6, 6.07) is 14.1. The van der Waals surface area contributed by atoms with Gasteiger partial charge in [-0.3, -0.25) is 4.79 Å². The lowest BCUT2D eigenvalue weighted by Crippen LogP contribution is -2.49. The maximum atomic E-state index is 14.2. The highest BCUT2D eigenvalue weighted by Crippen LogP contribution is 2.55. The molecule has 3 N–H and O–H groups in total. The van der Waals surface area contributed by atoms with Crippen molar-refractivity contribution in [1.29, 1.82) is 0 Å². The molecule has 2 aliphatic carbocycles. The van der Waals surface area contributed by atoms with Gasteiger partial charge >= 0.3 is 12.1 Å². The summed E-state index contributed by atoms with van der Waals surface area (Å²) < 4.78 is 38.7. The number of carbonyl (C=O) groups is 3. The van der Waals surface area contributed by atoms with Crippen LogP contribution in [0.15, 0.2) is 48.5 Å². The number of halogens is 2. The highest BCUT2D eigenvalue weighted by atomic mass is 19.3. The van der Waals surface area contributed by atoms with Crippen LogP contribution in [0.3, 0.4) is 0 Å². The van der Waals surface area contributed by atoms with Gasteiger partial charge < -0.3 is 25.2 Å². The van der Waals surface area contributed by atoms with E-state index in [-0.39, 0.29) is 12.5 Å². The molecule has 4 unspecified atom stereocenters. The number of hydrogen-bond donors (Lipinski definition) is 3. The SMILES string of the molecule is COC(C)C(NC(=O)C1C(CNC(=O)OCC2c3ccccc3-c3ccccc32)C1(F)F)C(=O)O. The third-order valence-electron chi connectivity index (χ3n) is 6.70. The first-order chi connectivity index (χ1) is 16.7. The van der Waals surface area contributed by atoms with Crippen LogP contribution in [0, 0.1) is 11.8 Å². The standard InChI is InChI=1S/C25H26F2N2O6/c1-13(34-2)21(23(31)32)29-22(30)20-19(25(20,26)27)11-28-24(33)35-12-18-16-9-5-3-7-14(16)15-8-4-6-10-17(15)18/h3-10,13,18-21H,11-12H2,1-2H3,(H,28,33)(H,29,30)(H,31,32). The van der Waals surface area contributed by atoms with Gasteiger partial charge in [-0.15, -0.1) is 0 Å². The van der Waals surface area contributed by atoms with E-state index in [1.807, 2.05) is 48.5 Å². The molecule has 4 atom stereocenters. The summed E-state index contributed by atoms with van der Waals surface area (Å²) >= 11 is 0. The zero-order valence-corrected chi connectivity index (χ0v) is 19.2. The Labute approximate surface area is 200 Å². The number of methoxy groups -OCH3 is 1. The number of carbonyl (C=O) groups excluding carboxylic acids is 2. The van der Waals surface area contributed by atoms with Crippen LogP contribution in [0.1, 0.15) is 24.0 Å². The molecular formula is C25H26F2N2O6. The fourth-order valence-corrected chi connectivity index (χ4v) is 4.60. The molecule has 1 fully saturated rings. The van der Waals surface area contributed by atoms with Gasteiger partial charge in [-0.05, 0) is 29.2 Å². The number of fused-ring (bicyclic) bond motifs is 3. The van der Waals surface area contributed by atoms with Crippen LogP contribution in [0.4, 0.5) is 13.6 Å². The molecule has 10 heteroatoms. The number of carboxylic acid groups (broad SMARTS) is 1. The lowest BCUT2D eigenvalue weighted by atomic mass is 9.98. The van der Waals surface area contributed by atoms with Crippen molar-refractivity contribution in [1.82, 2.24) is 10.6 Å². The quantitative estimate of drug-likeness (QED) is 0.500. The Balaban J connectivity index is 1.32. The molecule has 1 saturated carbocycles. The van der Waals surface area contributed by atoms with Crippen molar-refractivity contribution in [2.24, 2.45) is 11.8 Å². The molecule has 2 amide bonds. The fraction of sp³-hybridized carbons (Fsp3) is 0.400.